The molecule has 0 saturated heterocycles. The number of nitrogens with two attached hydrogens (primary N) is 1. The Bertz CT molecular complexity index is 1700. The lowest BCUT2D eigenvalue weighted by molar-refractivity contribution is -0.111. The van der Waals surface area contributed by atoms with E-state index in [-0.39, 0.29) is 16.6 Å². The van der Waals surface area contributed by atoms with Crippen LogP contribution in [0.5, 0.6) is 0 Å². The highest BCUT2D eigenvalue weighted by Gasteiger charge is 2.41. The van der Waals surface area contributed by atoms with Gasteiger partial charge in [0.15, 0.2) is 5.78 Å². The third-order valence-electron chi connectivity index (χ3n) is 9.43. The summed E-state index contributed by atoms with van der Waals surface area (Å²) < 4.78 is 0. The van der Waals surface area contributed by atoms with Crippen LogP contribution in [0.25, 0.3) is 10.8 Å². The van der Waals surface area contributed by atoms with Crippen molar-refractivity contribution in [1.29, 1.82) is 0 Å². The van der Waals surface area contributed by atoms with E-state index in [4.69, 9.17) is 5.73 Å². The molecule has 0 atom stereocenters. The van der Waals surface area contributed by atoms with Crippen molar-refractivity contribution < 1.29 is 4.79 Å². The molecule has 6 rings (SSSR count). The van der Waals surface area contributed by atoms with Gasteiger partial charge >= 0.3 is 0 Å². The van der Waals surface area contributed by atoms with Crippen LogP contribution in [0, 0.1) is 0 Å². The smallest absolute Gasteiger partial charge is 0.185 e. The zero-order valence-corrected chi connectivity index (χ0v) is 25.2. The predicted molar refractivity (Wildman–Crippen MR) is 173 cm³/mol. The maximum absolute atomic E-state index is 13.6. The van der Waals surface area contributed by atoms with E-state index in [0.717, 1.165) is 42.8 Å². The summed E-state index contributed by atoms with van der Waals surface area (Å²) in [6, 6.07) is 19.3. The largest absolute Gasteiger partial charge is 0.399 e. The average molecular weight is 544 g/mol. The van der Waals surface area contributed by atoms with Crippen LogP contribution in [0.4, 0.5) is 17.1 Å². The molecule has 4 nitrogen and oxygen atoms in total. The van der Waals surface area contributed by atoms with E-state index in [0.29, 0.717) is 0 Å². The average Bonchev–Trinajstić information content (AvgIpc) is 3.49. The second-order valence-electron chi connectivity index (χ2n) is 12.5. The summed E-state index contributed by atoms with van der Waals surface area (Å²) in [5.74, 6) is 0.168. The fourth-order valence-corrected chi connectivity index (χ4v) is 7.29. The van der Waals surface area contributed by atoms with Crippen molar-refractivity contribution in [3.8, 4) is 0 Å². The van der Waals surface area contributed by atoms with E-state index in [9.17, 15) is 4.79 Å². The van der Waals surface area contributed by atoms with Crippen molar-refractivity contribution in [3.05, 3.63) is 113 Å². The lowest BCUT2D eigenvalue weighted by Gasteiger charge is -2.26. The highest BCUT2D eigenvalue weighted by atomic mass is 16.1. The van der Waals surface area contributed by atoms with E-state index in [1.165, 1.54) is 44.7 Å². The molecule has 0 unspecified atom stereocenters. The summed E-state index contributed by atoms with van der Waals surface area (Å²) in [6.07, 6.45) is 10.1. The Morgan fingerprint density at radius 2 is 1.34 bits per heavy atom. The van der Waals surface area contributed by atoms with Gasteiger partial charge in [0, 0.05) is 63.5 Å². The minimum atomic E-state index is -0.181. The third-order valence-corrected chi connectivity index (χ3v) is 9.43. The SMILES string of the molecule is CCN1/C(=C\C=C2\CC/C(=C\C=C3\N(CC)c4ccc5ccccc5c4C3(C)C)C2=O)C(C)(C)c2cc(N)ccc21. The first kappa shape index (κ1) is 27.1. The summed E-state index contributed by atoms with van der Waals surface area (Å²) in [6.45, 7) is 15.2. The number of likely N-dealkylation sites (N-methyl/N-ethyl adjacent to an activating group) is 2. The van der Waals surface area contributed by atoms with Gasteiger partial charge in [0.1, 0.15) is 0 Å². The number of Topliss-reactive ketones (excluding diaryl/α,β-unsaturated/α-hetero) is 1. The molecule has 41 heavy (non-hydrogen) atoms. The van der Waals surface area contributed by atoms with Gasteiger partial charge in [-0.1, -0.05) is 70.2 Å². The Balaban J connectivity index is 1.31. The molecule has 1 aliphatic carbocycles. The van der Waals surface area contributed by atoms with Gasteiger partial charge in [-0.25, -0.2) is 0 Å². The monoisotopic (exact) mass is 543 g/mol. The maximum atomic E-state index is 13.6. The second-order valence-corrected chi connectivity index (χ2v) is 12.5. The summed E-state index contributed by atoms with van der Waals surface area (Å²) in [5.41, 5.74) is 15.9. The molecule has 1 fully saturated rings. The molecule has 0 bridgehead atoms. The van der Waals surface area contributed by atoms with Crippen LogP contribution in [0.2, 0.25) is 0 Å². The fourth-order valence-electron chi connectivity index (χ4n) is 7.29. The van der Waals surface area contributed by atoms with Crippen molar-refractivity contribution in [3.63, 3.8) is 0 Å². The number of rotatable bonds is 4. The molecule has 0 radical (unpaired) electrons. The van der Waals surface area contributed by atoms with Gasteiger partial charge < -0.3 is 15.5 Å². The van der Waals surface area contributed by atoms with Gasteiger partial charge in [0.05, 0.1) is 0 Å². The van der Waals surface area contributed by atoms with Gasteiger partial charge in [-0.05, 0) is 85.0 Å². The number of ketones is 1. The number of fused-ring (bicyclic) bond motifs is 4. The van der Waals surface area contributed by atoms with Crippen LogP contribution in [0.3, 0.4) is 0 Å². The molecule has 2 N–H and O–H groups in total. The van der Waals surface area contributed by atoms with Crippen molar-refractivity contribution >= 4 is 33.6 Å². The number of nitrogen functional groups attached to an aromatic ring is 1. The van der Waals surface area contributed by atoms with Gasteiger partial charge in [-0.15, -0.1) is 0 Å². The Kier molecular flexibility index (Phi) is 6.48. The molecule has 210 valence electrons. The van der Waals surface area contributed by atoms with Crippen LogP contribution in [0.15, 0.2) is 101 Å². The standard InChI is InChI=1S/C37H41N3O/c1-7-39-30-20-18-27(38)23-29(30)36(3,4)32(39)21-16-25-13-14-26(35(25)41)17-22-33-37(5,6)34-28-12-10-9-11-24(28)15-19-31(34)40(33)8-2/h9-12,15-23H,7-8,13-14,38H2,1-6H3/b25-16-,26-17+,32-21-,33-22+. The van der Waals surface area contributed by atoms with Crippen molar-refractivity contribution in [2.24, 2.45) is 0 Å². The molecule has 3 aromatic rings. The molecule has 0 aromatic heterocycles. The molecule has 1 saturated carbocycles. The van der Waals surface area contributed by atoms with Crippen LogP contribution >= 0.6 is 0 Å². The maximum Gasteiger partial charge on any atom is 0.185 e. The number of benzene rings is 3. The topological polar surface area (TPSA) is 49.6 Å². The normalized spacial score (nSPS) is 23.0. The van der Waals surface area contributed by atoms with Gasteiger partial charge in [0.2, 0.25) is 0 Å². The van der Waals surface area contributed by atoms with Crippen LogP contribution in [-0.2, 0) is 15.6 Å². The highest BCUT2D eigenvalue weighted by Crippen LogP contribution is 2.51. The summed E-state index contributed by atoms with van der Waals surface area (Å²) >= 11 is 0. The predicted octanol–water partition coefficient (Wildman–Crippen LogP) is 8.34. The Labute approximate surface area is 244 Å². The molecule has 0 amide bonds. The molecule has 3 aliphatic rings. The first-order chi connectivity index (χ1) is 19.6. The third kappa shape index (κ3) is 4.15. The highest BCUT2D eigenvalue weighted by molar-refractivity contribution is 6.11. The van der Waals surface area contributed by atoms with E-state index < -0.39 is 0 Å². The Morgan fingerprint density at radius 3 is 2.00 bits per heavy atom. The second kappa shape index (κ2) is 9.80. The van der Waals surface area contributed by atoms with Crippen LogP contribution < -0.4 is 15.5 Å². The summed E-state index contributed by atoms with van der Waals surface area (Å²) in [7, 11) is 0. The number of carbonyl (C=O) groups excluding carboxylic acids is 1. The quantitative estimate of drug-likeness (QED) is 0.265. The summed E-state index contributed by atoms with van der Waals surface area (Å²) in [5, 5.41) is 2.57. The number of hydrogen-bond acceptors (Lipinski definition) is 4. The number of nitrogens with zero attached hydrogens (tertiary/aromatic N) is 2. The Morgan fingerprint density at radius 1 is 0.756 bits per heavy atom. The summed E-state index contributed by atoms with van der Waals surface area (Å²) in [4.78, 5) is 18.3. The lowest BCUT2D eigenvalue weighted by atomic mass is 9.81. The molecule has 4 heteroatoms. The first-order valence-corrected chi connectivity index (χ1v) is 14.9. The first-order valence-electron chi connectivity index (χ1n) is 14.9. The zero-order valence-electron chi connectivity index (χ0n) is 25.2. The minimum Gasteiger partial charge on any atom is -0.399 e. The molecular formula is C37H41N3O. The number of allylic oxidation sites excluding steroid dienone is 8. The van der Waals surface area contributed by atoms with E-state index in [2.05, 4.69) is 124 Å². The van der Waals surface area contributed by atoms with Gasteiger partial charge in [-0.2, -0.15) is 0 Å². The van der Waals surface area contributed by atoms with Crippen LogP contribution in [-0.4, -0.2) is 18.9 Å². The Hall–Kier alpha value is -4.05. The van der Waals surface area contributed by atoms with Crippen molar-refractivity contribution in [1.82, 2.24) is 0 Å². The van der Waals surface area contributed by atoms with E-state index in [1.807, 2.05) is 6.07 Å². The number of carbonyl (C=O) groups is 1. The van der Waals surface area contributed by atoms with Crippen molar-refractivity contribution in [2.45, 2.75) is 65.2 Å². The van der Waals surface area contributed by atoms with Crippen molar-refractivity contribution in [2.75, 3.05) is 28.6 Å². The fraction of sp³-hybridized carbons (Fsp3) is 0.324. The molecular weight excluding hydrogens is 502 g/mol. The molecule has 2 aliphatic heterocycles. The van der Waals surface area contributed by atoms with Gasteiger partial charge in [0.25, 0.3) is 0 Å². The molecule has 3 aromatic carbocycles. The molecule has 0 spiro atoms. The van der Waals surface area contributed by atoms with E-state index in [1.54, 1.807) is 0 Å². The van der Waals surface area contributed by atoms with Gasteiger partial charge in [-0.3, -0.25) is 4.79 Å². The minimum absolute atomic E-state index is 0.163. The van der Waals surface area contributed by atoms with Crippen LogP contribution in [0.1, 0.15) is 65.5 Å². The number of anilines is 3. The number of hydrogen-bond donors (Lipinski definition) is 1. The lowest BCUT2D eigenvalue weighted by Crippen LogP contribution is -2.25. The van der Waals surface area contributed by atoms with E-state index >= 15 is 0 Å². The zero-order chi connectivity index (χ0) is 29.1. The molecule has 2 heterocycles.